The van der Waals surface area contributed by atoms with Gasteiger partial charge in [-0.05, 0) is 42.5 Å². The van der Waals surface area contributed by atoms with Crippen LogP contribution in [0.3, 0.4) is 0 Å². The Morgan fingerprint density at radius 3 is 2.68 bits per heavy atom. The van der Waals surface area contributed by atoms with Gasteiger partial charge in [-0.15, -0.1) is 5.10 Å². The second-order valence-corrected chi connectivity index (χ2v) is 9.07. The third kappa shape index (κ3) is 2.51. The minimum Gasteiger partial charge on any atom is -0.293 e. The highest BCUT2D eigenvalue weighted by atomic mass is 35.5. The van der Waals surface area contributed by atoms with Crippen molar-refractivity contribution in [3.63, 3.8) is 0 Å². The Morgan fingerprint density at radius 1 is 1.24 bits per heavy atom. The fourth-order valence-corrected chi connectivity index (χ4v) is 5.08. The van der Waals surface area contributed by atoms with Crippen LogP contribution in [0.4, 0.5) is 0 Å². The molecule has 0 radical (unpaired) electrons. The number of ketones is 1. The number of fused-ring (bicyclic) bond motifs is 5. The van der Waals surface area contributed by atoms with Gasteiger partial charge in [-0.2, -0.15) is 5.10 Å². The van der Waals surface area contributed by atoms with E-state index in [1.165, 1.54) is 11.8 Å². The molecule has 4 rings (SSSR count). The molecule has 0 spiro atoms. The lowest BCUT2D eigenvalue weighted by atomic mass is 9.70. The van der Waals surface area contributed by atoms with Crippen LogP contribution in [0.1, 0.15) is 61.3 Å². The first-order chi connectivity index (χ1) is 11.8. The van der Waals surface area contributed by atoms with E-state index >= 15 is 0 Å². The van der Waals surface area contributed by atoms with Crippen molar-refractivity contribution in [1.82, 2.24) is 15.2 Å². The van der Waals surface area contributed by atoms with Gasteiger partial charge >= 0.3 is 0 Å². The zero-order valence-electron chi connectivity index (χ0n) is 14.5. The second kappa shape index (κ2) is 5.78. The highest BCUT2D eigenvalue weighted by molar-refractivity contribution is 7.99. The van der Waals surface area contributed by atoms with Gasteiger partial charge in [0.05, 0.1) is 17.1 Å². The molecule has 2 aliphatic carbocycles. The molecular weight excluding hydrogens is 354 g/mol. The van der Waals surface area contributed by atoms with Crippen molar-refractivity contribution >= 4 is 29.1 Å². The Labute approximate surface area is 156 Å². The first-order valence-electron chi connectivity index (χ1n) is 8.49. The van der Waals surface area contributed by atoms with Crippen LogP contribution in [0.5, 0.6) is 0 Å². The van der Waals surface area contributed by atoms with E-state index in [0.29, 0.717) is 27.4 Å². The minimum atomic E-state index is 0.0406. The third-order valence-corrected chi connectivity index (χ3v) is 7.36. The summed E-state index contributed by atoms with van der Waals surface area (Å²) in [6, 6.07) is 6.95. The maximum absolute atomic E-state index is 12.3. The number of nitrogens with zero attached hydrogens (tertiary/aromatic N) is 3. The molecule has 6 heteroatoms. The van der Waals surface area contributed by atoms with Crippen LogP contribution >= 0.6 is 23.4 Å². The molecule has 1 saturated carbocycles. The van der Waals surface area contributed by atoms with Crippen molar-refractivity contribution in [3.05, 3.63) is 46.2 Å². The number of rotatable bonds is 4. The summed E-state index contributed by atoms with van der Waals surface area (Å²) in [7, 11) is 0. The lowest BCUT2D eigenvalue weighted by Gasteiger charge is -2.33. The standard InChI is InChI=1S/C19H20ClN3OS/c1-18(2)13-8-9-19(18,3)16-15(13)22-23-17(21-16)25-10-14(24)11-4-6-12(20)7-5-11/h4-7,13H,8-10H2,1-3H3/t13-,19+/m1/s1. The predicted octanol–water partition coefficient (Wildman–Crippen LogP) is 4.67. The Hall–Kier alpha value is -1.46. The zero-order chi connectivity index (χ0) is 17.8. The highest BCUT2D eigenvalue weighted by Gasteiger charge is 2.61. The molecule has 2 aliphatic rings. The fraction of sp³-hybridized carbons (Fsp3) is 0.474. The Balaban J connectivity index is 1.53. The lowest BCUT2D eigenvalue weighted by Crippen LogP contribution is -2.32. The van der Waals surface area contributed by atoms with E-state index < -0.39 is 0 Å². The molecule has 130 valence electrons. The van der Waals surface area contributed by atoms with Crippen molar-refractivity contribution in [2.75, 3.05) is 5.75 Å². The maximum Gasteiger partial charge on any atom is 0.209 e. The Morgan fingerprint density at radius 2 is 1.96 bits per heavy atom. The molecule has 0 amide bonds. The molecular formula is C19H20ClN3OS. The summed E-state index contributed by atoms with van der Waals surface area (Å²) in [6.07, 6.45) is 2.30. The molecule has 1 heterocycles. The summed E-state index contributed by atoms with van der Waals surface area (Å²) in [6.45, 7) is 6.91. The van der Waals surface area contributed by atoms with Crippen LogP contribution in [0.2, 0.25) is 5.02 Å². The summed E-state index contributed by atoms with van der Waals surface area (Å²) in [5.41, 5.74) is 3.02. The summed E-state index contributed by atoms with van der Waals surface area (Å²) >= 11 is 7.22. The number of hydrogen-bond acceptors (Lipinski definition) is 5. The summed E-state index contributed by atoms with van der Waals surface area (Å²) in [5.74, 6) is 0.784. The number of hydrogen-bond donors (Lipinski definition) is 0. The zero-order valence-corrected chi connectivity index (χ0v) is 16.1. The first kappa shape index (κ1) is 17.0. The first-order valence-corrected chi connectivity index (χ1v) is 9.86. The van der Waals surface area contributed by atoms with Gasteiger partial charge in [0.25, 0.3) is 0 Å². The minimum absolute atomic E-state index is 0.0406. The number of Topliss-reactive ketones (excluding diaryl/α,β-unsaturated/α-hetero) is 1. The summed E-state index contributed by atoms with van der Waals surface area (Å²) in [5, 5.41) is 9.97. The van der Waals surface area contributed by atoms with E-state index in [4.69, 9.17) is 16.6 Å². The Bertz CT molecular complexity index is 852. The molecule has 2 bridgehead atoms. The lowest BCUT2D eigenvalue weighted by molar-refractivity contribution is 0.102. The van der Waals surface area contributed by atoms with Crippen molar-refractivity contribution in [1.29, 1.82) is 0 Å². The highest BCUT2D eigenvalue weighted by Crippen LogP contribution is 2.66. The van der Waals surface area contributed by atoms with Crippen molar-refractivity contribution in [2.45, 2.75) is 50.1 Å². The van der Waals surface area contributed by atoms with Crippen LogP contribution < -0.4 is 0 Å². The molecule has 2 aromatic rings. The van der Waals surface area contributed by atoms with Crippen molar-refractivity contribution in [3.8, 4) is 0 Å². The van der Waals surface area contributed by atoms with E-state index in [1.807, 2.05) is 0 Å². The van der Waals surface area contributed by atoms with Gasteiger partial charge < -0.3 is 0 Å². The molecule has 2 atom stereocenters. The number of carbonyl (C=O) groups excluding carboxylic acids is 1. The van der Waals surface area contributed by atoms with E-state index in [1.54, 1.807) is 24.3 Å². The SMILES string of the molecule is CC1(C)[C@@H]2CC[C@@]1(C)c1nc(SCC(=O)c3ccc(Cl)cc3)nnc12. The van der Waals surface area contributed by atoms with Crippen molar-refractivity contribution < 1.29 is 4.79 Å². The second-order valence-electron chi connectivity index (χ2n) is 7.69. The molecule has 0 saturated heterocycles. The van der Waals surface area contributed by atoms with Crippen LogP contribution in [-0.4, -0.2) is 26.7 Å². The molecule has 25 heavy (non-hydrogen) atoms. The van der Waals surface area contributed by atoms with E-state index in [-0.39, 0.29) is 16.6 Å². The Kier molecular flexibility index (Phi) is 3.92. The van der Waals surface area contributed by atoms with Crippen molar-refractivity contribution in [2.24, 2.45) is 5.41 Å². The van der Waals surface area contributed by atoms with Crippen LogP contribution in [0.25, 0.3) is 0 Å². The monoisotopic (exact) mass is 373 g/mol. The van der Waals surface area contributed by atoms with E-state index in [2.05, 4.69) is 31.0 Å². The normalized spacial score (nSPS) is 25.8. The topological polar surface area (TPSA) is 55.7 Å². The maximum atomic E-state index is 12.3. The smallest absolute Gasteiger partial charge is 0.209 e. The number of carbonyl (C=O) groups is 1. The molecule has 0 unspecified atom stereocenters. The quantitative estimate of drug-likeness (QED) is 0.575. The largest absolute Gasteiger partial charge is 0.293 e. The molecule has 1 fully saturated rings. The third-order valence-electron chi connectivity index (χ3n) is 6.27. The number of halogens is 1. The van der Waals surface area contributed by atoms with Gasteiger partial charge in [0.15, 0.2) is 5.78 Å². The molecule has 1 aromatic heterocycles. The van der Waals surface area contributed by atoms with Crippen LogP contribution in [0, 0.1) is 5.41 Å². The van der Waals surface area contributed by atoms with Crippen LogP contribution in [-0.2, 0) is 5.41 Å². The van der Waals surface area contributed by atoms with Gasteiger partial charge in [-0.1, -0.05) is 44.1 Å². The van der Waals surface area contributed by atoms with E-state index in [0.717, 1.165) is 24.2 Å². The molecule has 1 aromatic carbocycles. The molecule has 0 N–H and O–H groups in total. The molecule has 0 aliphatic heterocycles. The van der Waals surface area contributed by atoms with Gasteiger partial charge in [0.2, 0.25) is 5.16 Å². The predicted molar refractivity (Wildman–Crippen MR) is 99.4 cm³/mol. The number of thioether (sulfide) groups is 1. The van der Waals surface area contributed by atoms with Crippen LogP contribution in [0.15, 0.2) is 29.4 Å². The molecule has 4 nitrogen and oxygen atoms in total. The summed E-state index contributed by atoms with van der Waals surface area (Å²) in [4.78, 5) is 17.1. The fourth-order valence-electron chi connectivity index (χ4n) is 4.27. The average molecular weight is 374 g/mol. The number of benzene rings is 1. The number of aromatic nitrogens is 3. The summed E-state index contributed by atoms with van der Waals surface area (Å²) < 4.78 is 0. The van der Waals surface area contributed by atoms with E-state index in [9.17, 15) is 4.79 Å². The van der Waals surface area contributed by atoms with Gasteiger partial charge in [-0.25, -0.2) is 4.98 Å². The van der Waals surface area contributed by atoms with Gasteiger partial charge in [0, 0.05) is 21.9 Å². The van der Waals surface area contributed by atoms with Gasteiger partial charge in [0.1, 0.15) is 0 Å². The van der Waals surface area contributed by atoms with Gasteiger partial charge in [-0.3, -0.25) is 4.79 Å². The average Bonchev–Trinajstić information content (AvgIpc) is 2.92.